The maximum absolute atomic E-state index is 12.2. The molecule has 25 heavy (non-hydrogen) atoms. The lowest BCUT2D eigenvalue weighted by Gasteiger charge is -2.17. The van der Waals surface area contributed by atoms with E-state index in [0.29, 0.717) is 13.1 Å². The molecule has 2 aromatic rings. The van der Waals surface area contributed by atoms with Crippen molar-refractivity contribution in [1.29, 1.82) is 0 Å². The lowest BCUT2D eigenvalue weighted by atomic mass is 10.2. The molecule has 0 aliphatic carbocycles. The monoisotopic (exact) mass is 340 g/mol. The molecule has 1 atom stereocenters. The average Bonchev–Trinajstić information content (AvgIpc) is 3.01. The van der Waals surface area contributed by atoms with Gasteiger partial charge in [0.1, 0.15) is 5.75 Å². The van der Waals surface area contributed by atoms with Crippen molar-refractivity contribution in [3.8, 4) is 5.75 Å². The van der Waals surface area contributed by atoms with Crippen LogP contribution in [0.2, 0.25) is 0 Å². The predicted octanol–water partition coefficient (Wildman–Crippen LogP) is 1.69. The summed E-state index contributed by atoms with van der Waals surface area (Å²) in [6, 6.07) is 12.3. The van der Waals surface area contributed by atoms with Crippen LogP contribution in [-0.4, -0.2) is 36.6 Å². The number of amides is 3. The molecular formula is C18H20N4O3. The molecule has 7 heteroatoms. The first-order chi connectivity index (χ1) is 12.2. The lowest BCUT2D eigenvalue weighted by molar-refractivity contribution is -0.117. The number of pyridine rings is 1. The van der Waals surface area contributed by atoms with Gasteiger partial charge in [-0.05, 0) is 36.4 Å². The fraction of sp³-hybridized carbons (Fsp3) is 0.278. The Morgan fingerprint density at radius 1 is 1.28 bits per heavy atom. The smallest absolute Gasteiger partial charge is 0.315 e. The molecule has 1 aromatic carbocycles. The third-order valence-corrected chi connectivity index (χ3v) is 4.00. The SMILES string of the molecule is COc1ccc(N2C[C@@H](NC(=O)NCc3ccccn3)CC2=O)cc1. The van der Waals surface area contributed by atoms with Crippen LogP contribution in [0.25, 0.3) is 0 Å². The van der Waals surface area contributed by atoms with Gasteiger partial charge in [0, 0.05) is 24.8 Å². The van der Waals surface area contributed by atoms with E-state index in [1.165, 1.54) is 0 Å². The maximum Gasteiger partial charge on any atom is 0.315 e. The zero-order chi connectivity index (χ0) is 17.6. The van der Waals surface area contributed by atoms with E-state index in [2.05, 4.69) is 15.6 Å². The molecule has 0 saturated carbocycles. The summed E-state index contributed by atoms with van der Waals surface area (Å²) in [4.78, 5) is 30.0. The molecule has 3 amide bonds. The number of methoxy groups -OCH3 is 1. The molecule has 1 fully saturated rings. The summed E-state index contributed by atoms with van der Waals surface area (Å²) >= 11 is 0. The van der Waals surface area contributed by atoms with E-state index in [0.717, 1.165) is 17.1 Å². The quantitative estimate of drug-likeness (QED) is 0.868. The molecule has 1 aliphatic heterocycles. The summed E-state index contributed by atoms with van der Waals surface area (Å²) in [5.74, 6) is 0.721. The Balaban J connectivity index is 1.52. The first-order valence-electron chi connectivity index (χ1n) is 8.04. The molecule has 0 radical (unpaired) electrons. The first-order valence-corrected chi connectivity index (χ1v) is 8.04. The van der Waals surface area contributed by atoms with Crippen molar-refractivity contribution >= 4 is 17.6 Å². The van der Waals surface area contributed by atoms with Crippen molar-refractivity contribution in [2.24, 2.45) is 0 Å². The number of carbonyl (C=O) groups is 2. The Hall–Kier alpha value is -3.09. The topological polar surface area (TPSA) is 83.6 Å². The molecule has 2 heterocycles. The highest BCUT2D eigenvalue weighted by atomic mass is 16.5. The summed E-state index contributed by atoms with van der Waals surface area (Å²) < 4.78 is 5.12. The van der Waals surface area contributed by atoms with Crippen LogP contribution in [0.4, 0.5) is 10.5 Å². The molecule has 7 nitrogen and oxygen atoms in total. The Morgan fingerprint density at radius 2 is 2.08 bits per heavy atom. The number of aromatic nitrogens is 1. The van der Waals surface area contributed by atoms with Gasteiger partial charge in [0.25, 0.3) is 0 Å². The summed E-state index contributed by atoms with van der Waals surface area (Å²) in [5.41, 5.74) is 1.57. The van der Waals surface area contributed by atoms with Crippen molar-refractivity contribution < 1.29 is 14.3 Å². The van der Waals surface area contributed by atoms with E-state index in [-0.39, 0.29) is 24.4 Å². The molecule has 0 unspecified atom stereocenters. The second kappa shape index (κ2) is 7.65. The summed E-state index contributed by atoms with van der Waals surface area (Å²) in [6.07, 6.45) is 1.96. The van der Waals surface area contributed by atoms with Crippen LogP contribution in [0.1, 0.15) is 12.1 Å². The van der Waals surface area contributed by atoms with Gasteiger partial charge in [0.15, 0.2) is 0 Å². The number of nitrogens with zero attached hydrogens (tertiary/aromatic N) is 2. The van der Waals surface area contributed by atoms with Crippen LogP contribution in [-0.2, 0) is 11.3 Å². The summed E-state index contributed by atoms with van der Waals surface area (Å²) in [6.45, 7) is 0.789. The Morgan fingerprint density at radius 3 is 2.76 bits per heavy atom. The molecule has 1 saturated heterocycles. The molecule has 0 bridgehead atoms. The number of carbonyl (C=O) groups excluding carboxylic acids is 2. The number of anilines is 1. The van der Waals surface area contributed by atoms with Gasteiger partial charge in [-0.25, -0.2) is 4.79 Å². The van der Waals surface area contributed by atoms with Gasteiger partial charge in [-0.1, -0.05) is 6.07 Å². The number of hydrogen-bond donors (Lipinski definition) is 2. The Kier molecular flexibility index (Phi) is 5.13. The third-order valence-electron chi connectivity index (χ3n) is 4.00. The van der Waals surface area contributed by atoms with Crippen LogP contribution in [0, 0.1) is 0 Å². The number of nitrogens with one attached hydrogen (secondary N) is 2. The van der Waals surface area contributed by atoms with Crippen LogP contribution < -0.4 is 20.3 Å². The van der Waals surface area contributed by atoms with Gasteiger partial charge in [0.05, 0.1) is 25.4 Å². The number of benzene rings is 1. The van der Waals surface area contributed by atoms with Crippen molar-refractivity contribution in [2.75, 3.05) is 18.6 Å². The normalized spacial score (nSPS) is 16.6. The van der Waals surface area contributed by atoms with Crippen molar-refractivity contribution in [1.82, 2.24) is 15.6 Å². The summed E-state index contributed by atoms with van der Waals surface area (Å²) in [7, 11) is 1.60. The lowest BCUT2D eigenvalue weighted by Crippen LogP contribution is -2.43. The van der Waals surface area contributed by atoms with Crippen molar-refractivity contribution in [2.45, 2.75) is 19.0 Å². The number of urea groups is 1. The molecule has 0 spiro atoms. The van der Waals surface area contributed by atoms with Gasteiger partial charge in [-0.15, -0.1) is 0 Å². The number of rotatable bonds is 5. The van der Waals surface area contributed by atoms with Crippen molar-refractivity contribution in [3.05, 3.63) is 54.4 Å². The van der Waals surface area contributed by atoms with E-state index in [9.17, 15) is 9.59 Å². The Labute approximate surface area is 146 Å². The minimum atomic E-state index is -0.306. The fourth-order valence-electron chi connectivity index (χ4n) is 2.73. The predicted molar refractivity (Wildman–Crippen MR) is 93.4 cm³/mol. The van der Waals surface area contributed by atoms with Gasteiger partial charge >= 0.3 is 6.03 Å². The van der Waals surface area contributed by atoms with Gasteiger partial charge in [0.2, 0.25) is 5.91 Å². The zero-order valence-corrected chi connectivity index (χ0v) is 13.9. The largest absolute Gasteiger partial charge is 0.497 e. The van der Waals surface area contributed by atoms with Gasteiger partial charge in [-0.2, -0.15) is 0 Å². The second-order valence-corrected chi connectivity index (χ2v) is 5.75. The van der Waals surface area contributed by atoms with Crippen LogP contribution in [0.15, 0.2) is 48.7 Å². The minimum Gasteiger partial charge on any atom is -0.497 e. The van der Waals surface area contributed by atoms with Gasteiger partial charge in [-0.3, -0.25) is 9.78 Å². The van der Waals surface area contributed by atoms with Gasteiger partial charge < -0.3 is 20.3 Å². The summed E-state index contributed by atoms with van der Waals surface area (Å²) in [5, 5.41) is 5.59. The standard InChI is InChI=1S/C18H20N4O3/c1-25-16-7-5-15(6-8-16)22-12-14(10-17(22)23)21-18(24)20-11-13-4-2-3-9-19-13/h2-9,14H,10-12H2,1H3,(H2,20,21,24)/t14-/m0/s1. The first kappa shape index (κ1) is 16.8. The molecule has 1 aromatic heterocycles. The third kappa shape index (κ3) is 4.26. The van der Waals surface area contributed by atoms with Crippen LogP contribution in [0.3, 0.4) is 0 Å². The minimum absolute atomic E-state index is 0.0137. The highest BCUT2D eigenvalue weighted by Gasteiger charge is 2.31. The fourth-order valence-corrected chi connectivity index (χ4v) is 2.73. The van der Waals surface area contributed by atoms with E-state index < -0.39 is 0 Å². The molecular weight excluding hydrogens is 320 g/mol. The average molecular weight is 340 g/mol. The number of hydrogen-bond acceptors (Lipinski definition) is 4. The molecule has 130 valence electrons. The highest BCUT2D eigenvalue weighted by Crippen LogP contribution is 2.24. The zero-order valence-electron chi connectivity index (χ0n) is 13.9. The van der Waals surface area contributed by atoms with E-state index >= 15 is 0 Å². The highest BCUT2D eigenvalue weighted by molar-refractivity contribution is 5.96. The van der Waals surface area contributed by atoms with E-state index in [1.54, 1.807) is 18.2 Å². The molecule has 3 rings (SSSR count). The second-order valence-electron chi connectivity index (χ2n) is 5.75. The number of ether oxygens (including phenoxy) is 1. The van der Waals surface area contributed by atoms with Crippen LogP contribution in [0.5, 0.6) is 5.75 Å². The van der Waals surface area contributed by atoms with E-state index in [1.807, 2.05) is 42.5 Å². The van der Waals surface area contributed by atoms with Crippen molar-refractivity contribution in [3.63, 3.8) is 0 Å². The van der Waals surface area contributed by atoms with Crippen LogP contribution >= 0.6 is 0 Å². The molecule has 1 aliphatic rings. The Bertz CT molecular complexity index is 734. The van der Waals surface area contributed by atoms with E-state index in [4.69, 9.17) is 4.74 Å². The maximum atomic E-state index is 12.2. The molecule has 2 N–H and O–H groups in total.